The van der Waals surface area contributed by atoms with Crippen molar-refractivity contribution in [2.75, 3.05) is 13.1 Å². The van der Waals surface area contributed by atoms with Crippen molar-refractivity contribution in [3.8, 4) is 0 Å². The van der Waals surface area contributed by atoms with Crippen molar-refractivity contribution in [3.05, 3.63) is 46.2 Å². The van der Waals surface area contributed by atoms with Gasteiger partial charge in [-0.05, 0) is 31.9 Å². The van der Waals surface area contributed by atoms with Gasteiger partial charge in [0.1, 0.15) is 0 Å². The summed E-state index contributed by atoms with van der Waals surface area (Å²) in [4.78, 5) is 38.0. The molecule has 5 heterocycles. The second kappa shape index (κ2) is 6.55. The molecule has 0 radical (unpaired) electrons. The molecule has 3 aliphatic rings. The van der Waals surface area contributed by atoms with Crippen molar-refractivity contribution in [2.24, 2.45) is 5.92 Å². The lowest BCUT2D eigenvalue weighted by molar-refractivity contribution is -0.140. The minimum Gasteiger partial charge on any atom is -0.336 e. The molecule has 2 aromatic heterocycles. The summed E-state index contributed by atoms with van der Waals surface area (Å²) in [6.45, 7) is 3.52. The van der Waals surface area contributed by atoms with Gasteiger partial charge in [-0.2, -0.15) is 0 Å². The van der Waals surface area contributed by atoms with Crippen LogP contribution < -0.4 is 0 Å². The second-order valence-corrected chi connectivity index (χ2v) is 7.49. The van der Waals surface area contributed by atoms with E-state index >= 15 is 0 Å². The molecule has 2 amide bonds. The predicted molar refractivity (Wildman–Crippen MR) is 94.1 cm³/mol. The standard InChI is InChI=1S/C18H20N4O2S/c1-12-2-3-13(6-19-12)17(23)21-7-14-4-5-16(9-21)22(18(14)24)8-15-10-25-11-20-15/h2-3,6,10-11,14,16H,4-5,7-9H2,1H3/t14-,16+/m0/s1. The number of hydrogen-bond donors (Lipinski definition) is 0. The van der Waals surface area contributed by atoms with Crippen molar-refractivity contribution in [2.45, 2.75) is 32.4 Å². The van der Waals surface area contributed by atoms with Gasteiger partial charge in [-0.15, -0.1) is 11.3 Å². The van der Waals surface area contributed by atoms with Gasteiger partial charge in [0.2, 0.25) is 5.91 Å². The van der Waals surface area contributed by atoms with E-state index in [1.165, 1.54) is 11.3 Å². The number of aryl methyl sites for hydroxylation is 1. The number of carbonyl (C=O) groups excluding carboxylic acids is 2. The molecule has 130 valence electrons. The van der Waals surface area contributed by atoms with Crippen LogP contribution in [0.2, 0.25) is 0 Å². The summed E-state index contributed by atoms with van der Waals surface area (Å²) >= 11 is 1.54. The smallest absolute Gasteiger partial charge is 0.255 e. The molecule has 3 saturated heterocycles. The molecule has 3 aliphatic heterocycles. The lowest BCUT2D eigenvalue weighted by Crippen LogP contribution is -2.47. The summed E-state index contributed by atoms with van der Waals surface area (Å²) in [7, 11) is 0. The first-order valence-corrected chi connectivity index (χ1v) is 9.45. The number of nitrogens with zero attached hydrogens (tertiary/aromatic N) is 4. The highest BCUT2D eigenvalue weighted by atomic mass is 32.1. The summed E-state index contributed by atoms with van der Waals surface area (Å²) in [5.74, 6) is 0.00836. The average Bonchev–Trinajstić information content (AvgIpc) is 2.98. The van der Waals surface area contributed by atoms with Crippen molar-refractivity contribution in [1.82, 2.24) is 19.8 Å². The lowest BCUT2D eigenvalue weighted by atomic mass is 9.94. The van der Waals surface area contributed by atoms with Gasteiger partial charge in [-0.25, -0.2) is 4.98 Å². The zero-order valence-corrected chi connectivity index (χ0v) is 14.9. The van der Waals surface area contributed by atoms with E-state index in [2.05, 4.69) is 9.97 Å². The van der Waals surface area contributed by atoms with Gasteiger partial charge in [0.15, 0.2) is 0 Å². The van der Waals surface area contributed by atoms with Gasteiger partial charge >= 0.3 is 0 Å². The quantitative estimate of drug-likeness (QED) is 0.845. The Morgan fingerprint density at radius 1 is 1.28 bits per heavy atom. The van der Waals surface area contributed by atoms with Gasteiger partial charge in [0.05, 0.1) is 29.2 Å². The van der Waals surface area contributed by atoms with Crippen LogP contribution in [0.1, 0.15) is 34.6 Å². The first kappa shape index (κ1) is 16.2. The zero-order chi connectivity index (χ0) is 17.4. The summed E-state index contributed by atoms with van der Waals surface area (Å²) in [5.41, 5.74) is 4.19. The number of carbonyl (C=O) groups is 2. The Bertz CT molecular complexity index is 775. The van der Waals surface area contributed by atoms with E-state index in [0.717, 1.165) is 24.2 Å². The highest BCUT2D eigenvalue weighted by molar-refractivity contribution is 7.07. The summed E-state index contributed by atoms with van der Waals surface area (Å²) in [6, 6.07) is 3.72. The van der Waals surface area contributed by atoms with E-state index in [-0.39, 0.29) is 23.8 Å². The van der Waals surface area contributed by atoms with E-state index in [0.29, 0.717) is 25.2 Å². The molecule has 2 aromatic rings. The van der Waals surface area contributed by atoms with Crippen molar-refractivity contribution in [3.63, 3.8) is 0 Å². The molecule has 0 N–H and O–H groups in total. The number of rotatable bonds is 3. The molecule has 0 spiro atoms. The molecule has 0 aromatic carbocycles. The Morgan fingerprint density at radius 2 is 2.16 bits per heavy atom. The maximum atomic E-state index is 12.9. The molecule has 3 fully saturated rings. The molecule has 6 nitrogen and oxygen atoms in total. The average molecular weight is 356 g/mol. The molecule has 0 aliphatic carbocycles. The largest absolute Gasteiger partial charge is 0.336 e. The highest BCUT2D eigenvalue weighted by Crippen LogP contribution is 2.31. The summed E-state index contributed by atoms with van der Waals surface area (Å²) < 4.78 is 0. The Hall–Kier alpha value is -2.28. The summed E-state index contributed by atoms with van der Waals surface area (Å²) in [5, 5.41) is 1.98. The van der Waals surface area contributed by atoms with Gasteiger partial charge in [0, 0.05) is 36.4 Å². The summed E-state index contributed by atoms with van der Waals surface area (Å²) in [6.07, 6.45) is 3.42. The Kier molecular flexibility index (Phi) is 4.25. The second-order valence-electron chi connectivity index (χ2n) is 6.77. The molecular formula is C18H20N4O2S. The molecule has 7 heteroatoms. The van der Waals surface area contributed by atoms with Gasteiger partial charge < -0.3 is 9.80 Å². The maximum Gasteiger partial charge on any atom is 0.255 e. The highest BCUT2D eigenvalue weighted by Gasteiger charge is 2.42. The predicted octanol–water partition coefficient (Wildman–Crippen LogP) is 2.11. The van der Waals surface area contributed by atoms with Crippen LogP contribution in [0.25, 0.3) is 0 Å². The number of aromatic nitrogens is 2. The van der Waals surface area contributed by atoms with Gasteiger partial charge in [-0.3, -0.25) is 14.6 Å². The van der Waals surface area contributed by atoms with Crippen molar-refractivity contribution in [1.29, 1.82) is 0 Å². The van der Waals surface area contributed by atoms with E-state index < -0.39 is 0 Å². The van der Waals surface area contributed by atoms with Gasteiger partial charge in [-0.1, -0.05) is 0 Å². The van der Waals surface area contributed by atoms with Crippen LogP contribution in [0.4, 0.5) is 0 Å². The minimum atomic E-state index is -0.111. The van der Waals surface area contributed by atoms with Crippen LogP contribution in [0.15, 0.2) is 29.2 Å². The van der Waals surface area contributed by atoms with Crippen LogP contribution >= 0.6 is 11.3 Å². The molecule has 0 unspecified atom stereocenters. The third-order valence-corrected chi connectivity index (χ3v) is 5.69. The Morgan fingerprint density at radius 3 is 2.88 bits per heavy atom. The van der Waals surface area contributed by atoms with Crippen LogP contribution in [-0.4, -0.2) is 50.7 Å². The Labute approximate surface area is 150 Å². The molecule has 2 atom stereocenters. The van der Waals surface area contributed by atoms with Crippen LogP contribution in [0.5, 0.6) is 0 Å². The van der Waals surface area contributed by atoms with E-state index in [1.807, 2.05) is 34.2 Å². The van der Waals surface area contributed by atoms with Crippen molar-refractivity contribution >= 4 is 23.2 Å². The molecule has 0 saturated carbocycles. The van der Waals surface area contributed by atoms with Gasteiger partial charge in [0.25, 0.3) is 5.91 Å². The normalized spacial score (nSPS) is 23.0. The fourth-order valence-corrected chi connectivity index (χ4v) is 4.23. The third kappa shape index (κ3) is 3.16. The molecule has 2 bridgehead atoms. The number of thiazole rings is 1. The maximum absolute atomic E-state index is 12.9. The van der Waals surface area contributed by atoms with Crippen LogP contribution in [0, 0.1) is 12.8 Å². The fraction of sp³-hybridized carbons (Fsp3) is 0.444. The topological polar surface area (TPSA) is 66.4 Å². The van der Waals surface area contributed by atoms with E-state index in [4.69, 9.17) is 0 Å². The van der Waals surface area contributed by atoms with Crippen LogP contribution in [-0.2, 0) is 11.3 Å². The SMILES string of the molecule is Cc1ccc(C(=O)N2C[C@@H]3CC[C@H](C2)N(Cc2cscn2)C3=O)cn1. The first-order valence-electron chi connectivity index (χ1n) is 8.51. The lowest BCUT2D eigenvalue weighted by Gasteiger charge is -2.35. The number of hydrogen-bond acceptors (Lipinski definition) is 5. The monoisotopic (exact) mass is 356 g/mol. The van der Waals surface area contributed by atoms with Crippen LogP contribution in [0.3, 0.4) is 0 Å². The third-order valence-electron chi connectivity index (χ3n) is 5.05. The van der Waals surface area contributed by atoms with E-state index in [9.17, 15) is 9.59 Å². The molecule has 25 heavy (non-hydrogen) atoms. The minimum absolute atomic E-state index is 0.0345. The number of amides is 2. The molecular weight excluding hydrogens is 336 g/mol. The Balaban J connectivity index is 1.55. The first-order chi connectivity index (χ1) is 12.1. The number of fused-ring (bicyclic) bond motifs is 4. The van der Waals surface area contributed by atoms with E-state index in [1.54, 1.807) is 11.7 Å². The fourth-order valence-electron chi connectivity index (χ4n) is 3.68. The zero-order valence-electron chi connectivity index (χ0n) is 14.1. The van der Waals surface area contributed by atoms with Crippen molar-refractivity contribution < 1.29 is 9.59 Å². The molecule has 5 rings (SSSR count). The number of pyridine rings is 1. The number of piperidine rings is 1.